The van der Waals surface area contributed by atoms with Crippen LogP contribution < -0.4 is 5.32 Å². The molecule has 0 aliphatic carbocycles. The number of para-hydroxylation sites is 1. The fraction of sp³-hybridized carbons (Fsp3) is 0.292. The Morgan fingerprint density at radius 1 is 1.10 bits per heavy atom. The molecule has 7 heteroatoms. The maximum atomic E-state index is 13.9. The van der Waals surface area contributed by atoms with E-state index in [4.69, 9.17) is 0 Å². The van der Waals surface area contributed by atoms with Gasteiger partial charge in [-0.1, -0.05) is 42.5 Å². The number of aromatic nitrogens is 1. The van der Waals surface area contributed by atoms with E-state index in [1.54, 1.807) is 4.90 Å². The zero-order valence-electron chi connectivity index (χ0n) is 18.0. The zero-order chi connectivity index (χ0) is 22.3. The molecule has 1 aliphatic rings. The molecule has 2 aromatic carbocycles. The lowest BCUT2D eigenvalue weighted by Crippen LogP contribution is -2.52. The van der Waals surface area contributed by atoms with Gasteiger partial charge in [-0.05, 0) is 38.0 Å². The second-order valence-electron chi connectivity index (χ2n) is 8.55. The van der Waals surface area contributed by atoms with Crippen molar-refractivity contribution >= 4 is 28.7 Å². The molecule has 2 amide bonds. The van der Waals surface area contributed by atoms with Crippen LogP contribution in [0.3, 0.4) is 0 Å². The van der Waals surface area contributed by atoms with Crippen molar-refractivity contribution in [1.29, 1.82) is 0 Å². The molecular formula is C24H25N3O4. The smallest absolute Gasteiger partial charge is 0.325 e. The number of methoxy groups -OCH3 is 1. The molecular weight excluding hydrogens is 394 g/mol. The van der Waals surface area contributed by atoms with Crippen LogP contribution in [0.4, 0.5) is 0 Å². The van der Waals surface area contributed by atoms with Crippen LogP contribution in [0.2, 0.25) is 0 Å². The lowest BCUT2D eigenvalue weighted by molar-refractivity contribution is -0.141. The van der Waals surface area contributed by atoms with Crippen molar-refractivity contribution in [2.24, 2.45) is 0 Å². The Kier molecular flexibility index (Phi) is 5.05. The summed E-state index contributed by atoms with van der Waals surface area (Å²) < 4.78 is 4.64. The molecule has 2 N–H and O–H groups in total. The number of nitrogens with zero attached hydrogens (tertiary/aromatic N) is 1. The molecule has 4 rings (SSSR count). The van der Waals surface area contributed by atoms with Crippen LogP contribution >= 0.6 is 0 Å². The third-order valence-corrected chi connectivity index (χ3v) is 5.53. The molecule has 1 aliphatic heterocycles. The summed E-state index contributed by atoms with van der Waals surface area (Å²) in [6.07, 6.45) is 0. The Hall–Kier alpha value is -3.61. The molecule has 1 aromatic heterocycles. The minimum absolute atomic E-state index is 0.269. The highest BCUT2D eigenvalue weighted by atomic mass is 16.5. The fourth-order valence-corrected chi connectivity index (χ4v) is 4.20. The van der Waals surface area contributed by atoms with Gasteiger partial charge in [0.2, 0.25) is 5.91 Å². The molecule has 2 heterocycles. The van der Waals surface area contributed by atoms with Gasteiger partial charge in [-0.3, -0.25) is 14.4 Å². The van der Waals surface area contributed by atoms with Gasteiger partial charge in [0.1, 0.15) is 18.3 Å². The number of amides is 2. The van der Waals surface area contributed by atoms with Crippen LogP contribution in [0.5, 0.6) is 0 Å². The van der Waals surface area contributed by atoms with Crippen molar-refractivity contribution in [3.8, 4) is 11.1 Å². The van der Waals surface area contributed by atoms with Gasteiger partial charge >= 0.3 is 5.97 Å². The lowest BCUT2D eigenvalue weighted by atomic mass is 9.92. The Morgan fingerprint density at radius 3 is 2.48 bits per heavy atom. The molecule has 160 valence electrons. The number of fused-ring (bicyclic) bond motifs is 5. The molecule has 31 heavy (non-hydrogen) atoms. The van der Waals surface area contributed by atoms with Gasteiger partial charge in [0.15, 0.2) is 0 Å². The molecule has 0 radical (unpaired) electrons. The minimum Gasteiger partial charge on any atom is -0.468 e. The molecule has 1 unspecified atom stereocenters. The lowest BCUT2D eigenvalue weighted by Gasteiger charge is -2.40. The van der Waals surface area contributed by atoms with E-state index in [-0.39, 0.29) is 12.5 Å². The largest absolute Gasteiger partial charge is 0.468 e. The number of hydrogen-bond acceptors (Lipinski definition) is 4. The van der Waals surface area contributed by atoms with Gasteiger partial charge in [0.05, 0.1) is 7.11 Å². The van der Waals surface area contributed by atoms with Gasteiger partial charge < -0.3 is 19.9 Å². The summed E-state index contributed by atoms with van der Waals surface area (Å²) in [6, 6.07) is 14.4. The van der Waals surface area contributed by atoms with Gasteiger partial charge in [-0.2, -0.15) is 0 Å². The van der Waals surface area contributed by atoms with E-state index < -0.39 is 23.5 Å². The van der Waals surface area contributed by atoms with E-state index in [0.717, 1.165) is 22.0 Å². The first-order chi connectivity index (χ1) is 14.7. The standard InChI is InChI=1S/C24H25N3O4/c1-24(2,3)27-21(22(29)25-13-18(28)31-4)15-10-6-5-9-14(15)19-16-11-7-8-12-17(16)26-20(19)23(27)30/h5-12,21,26H,13H2,1-4H3,(H,25,29). The van der Waals surface area contributed by atoms with E-state index in [9.17, 15) is 14.4 Å². The molecule has 0 fully saturated rings. The van der Waals surface area contributed by atoms with E-state index in [2.05, 4.69) is 15.0 Å². The van der Waals surface area contributed by atoms with Gasteiger partial charge in [-0.15, -0.1) is 0 Å². The van der Waals surface area contributed by atoms with Crippen molar-refractivity contribution in [3.05, 3.63) is 59.8 Å². The maximum absolute atomic E-state index is 13.9. The summed E-state index contributed by atoms with van der Waals surface area (Å²) in [5.74, 6) is -1.26. The molecule has 7 nitrogen and oxygen atoms in total. The van der Waals surface area contributed by atoms with Gasteiger partial charge in [0, 0.05) is 22.0 Å². The quantitative estimate of drug-likeness (QED) is 0.637. The van der Waals surface area contributed by atoms with Crippen molar-refractivity contribution in [1.82, 2.24) is 15.2 Å². The summed E-state index contributed by atoms with van der Waals surface area (Å²) in [5.41, 5.74) is 2.94. The number of H-pyrrole nitrogens is 1. The topological polar surface area (TPSA) is 91.5 Å². The van der Waals surface area contributed by atoms with Gasteiger partial charge in [-0.25, -0.2) is 0 Å². The van der Waals surface area contributed by atoms with Crippen LogP contribution in [-0.2, 0) is 14.3 Å². The number of benzene rings is 2. The number of hydrogen-bond donors (Lipinski definition) is 2. The first-order valence-corrected chi connectivity index (χ1v) is 10.1. The van der Waals surface area contributed by atoms with Crippen molar-refractivity contribution in [2.45, 2.75) is 32.4 Å². The molecule has 0 spiro atoms. The fourth-order valence-electron chi connectivity index (χ4n) is 4.20. The average molecular weight is 419 g/mol. The van der Waals surface area contributed by atoms with Crippen molar-refractivity contribution in [3.63, 3.8) is 0 Å². The highest BCUT2D eigenvalue weighted by Gasteiger charge is 2.44. The SMILES string of the molecule is COC(=O)CNC(=O)C1c2ccccc2-c2c([nH]c3ccccc23)C(=O)N1C(C)(C)C. The summed E-state index contributed by atoms with van der Waals surface area (Å²) in [5, 5.41) is 3.55. The van der Waals surface area contributed by atoms with Crippen LogP contribution in [0.1, 0.15) is 42.9 Å². The zero-order valence-corrected chi connectivity index (χ0v) is 18.0. The monoisotopic (exact) mass is 419 g/mol. The van der Waals surface area contributed by atoms with E-state index >= 15 is 0 Å². The Morgan fingerprint density at radius 2 is 1.77 bits per heavy atom. The second kappa shape index (κ2) is 7.58. The molecule has 1 atom stereocenters. The van der Waals surface area contributed by atoms with Crippen LogP contribution in [-0.4, -0.2) is 46.9 Å². The maximum Gasteiger partial charge on any atom is 0.325 e. The second-order valence-corrected chi connectivity index (χ2v) is 8.55. The highest BCUT2D eigenvalue weighted by Crippen LogP contribution is 2.44. The summed E-state index contributed by atoms with van der Waals surface area (Å²) in [6.45, 7) is 5.40. The molecule has 0 saturated heterocycles. The van der Waals surface area contributed by atoms with Crippen LogP contribution in [0.25, 0.3) is 22.0 Å². The number of rotatable bonds is 3. The Labute approximate surface area is 180 Å². The summed E-state index contributed by atoms with van der Waals surface area (Å²) >= 11 is 0. The number of ether oxygens (including phenoxy) is 1. The van der Waals surface area contributed by atoms with Crippen LogP contribution in [0.15, 0.2) is 48.5 Å². The number of esters is 1. The Balaban J connectivity index is 1.96. The predicted octanol–water partition coefficient (Wildman–Crippen LogP) is 3.42. The normalized spacial score (nSPS) is 15.8. The van der Waals surface area contributed by atoms with E-state index in [0.29, 0.717) is 11.3 Å². The number of nitrogens with one attached hydrogen (secondary N) is 2. The van der Waals surface area contributed by atoms with Crippen molar-refractivity contribution in [2.75, 3.05) is 13.7 Å². The van der Waals surface area contributed by atoms with Crippen LogP contribution in [0, 0.1) is 0 Å². The average Bonchev–Trinajstić information content (AvgIpc) is 3.09. The summed E-state index contributed by atoms with van der Waals surface area (Å²) in [4.78, 5) is 43.7. The molecule has 0 saturated carbocycles. The van der Waals surface area contributed by atoms with Crippen molar-refractivity contribution < 1.29 is 19.1 Å². The third kappa shape index (κ3) is 3.46. The third-order valence-electron chi connectivity index (χ3n) is 5.53. The summed E-state index contributed by atoms with van der Waals surface area (Å²) in [7, 11) is 1.26. The Bertz CT molecular complexity index is 1190. The first-order valence-electron chi connectivity index (χ1n) is 10.1. The number of carbonyl (C=O) groups is 3. The van der Waals surface area contributed by atoms with E-state index in [1.165, 1.54) is 7.11 Å². The van der Waals surface area contributed by atoms with E-state index in [1.807, 2.05) is 69.3 Å². The highest BCUT2D eigenvalue weighted by molar-refractivity contribution is 6.13. The number of carbonyl (C=O) groups excluding carboxylic acids is 3. The predicted molar refractivity (Wildman–Crippen MR) is 117 cm³/mol. The molecule has 3 aromatic rings. The number of aromatic amines is 1. The molecule has 0 bridgehead atoms. The minimum atomic E-state index is -0.909. The van der Waals surface area contributed by atoms with Gasteiger partial charge in [0.25, 0.3) is 5.91 Å². The first kappa shape index (κ1) is 20.7.